The van der Waals surface area contributed by atoms with Gasteiger partial charge in [0.05, 0.1) is 68.2 Å². The molecule has 20 heteroatoms. The van der Waals surface area contributed by atoms with Gasteiger partial charge in [-0.3, -0.25) is 0 Å². The Morgan fingerprint density at radius 1 is 0.448 bits per heavy atom. The highest BCUT2D eigenvalue weighted by molar-refractivity contribution is 5.57. The summed E-state index contributed by atoms with van der Waals surface area (Å²) in [5.74, 6) is -0.322. The zero-order chi connectivity index (χ0) is 44.7. The van der Waals surface area contributed by atoms with Crippen molar-refractivity contribution in [3.63, 3.8) is 0 Å². The molecule has 12 N–H and O–H groups in total. The molecule has 318 valence electrons. The third-order valence-electron chi connectivity index (χ3n) is 8.94. The minimum Gasteiger partial charge on any atom is -0.400 e. The first-order chi connectivity index (χ1) is 26.1. The van der Waals surface area contributed by atoms with Crippen molar-refractivity contribution in [2.24, 2.45) is 33.8 Å². The second kappa shape index (κ2) is 16.0. The van der Waals surface area contributed by atoms with Crippen LogP contribution in [0.15, 0.2) is 94.9 Å². The number of hydrogen-bond donors (Lipinski definition) is 6. The molecule has 5 rings (SSSR count). The number of para-hydroxylation sites is 2. The number of anilines is 2. The minimum atomic E-state index is -4.88. The molecule has 2 atom stereocenters. The maximum atomic E-state index is 12.2. The molecular weight excluding hydrogens is 796 g/mol. The van der Waals surface area contributed by atoms with Gasteiger partial charge in [0.25, 0.3) is 0 Å². The van der Waals surface area contributed by atoms with Crippen LogP contribution < -0.4 is 34.4 Å². The van der Waals surface area contributed by atoms with Crippen LogP contribution in [-0.2, 0) is 24.7 Å². The zero-order valence-corrected chi connectivity index (χ0v) is 31.8. The third-order valence-corrected chi connectivity index (χ3v) is 8.94. The van der Waals surface area contributed by atoms with Crippen molar-refractivity contribution in [3.8, 4) is 0 Å². The number of allylic oxidation sites excluding steroid dienone is 4. The van der Waals surface area contributed by atoms with Crippen LogP contribution in [-0.4, -0.2) is 9.97 Å². The molecule has 0 saturated heterocycles. The van der Waals surface area contributed by atoms with E-state index in [9.17, 15) is 52.7 Å². The molecule has 1 heterocycles. The lowest BCUT2D eigenvalue weighted by Crippen LogP contribution is -2.18. The lowest BCUT2D eigenvalue weighted by Gasteiger charge is -2.21. The average molecular weight is 839 g/mol. The molecular formula is C38H42F12N8. The SMILES string of the molecule is CC(C)(C)C1=CC(c2cc(C3C=C(C(C)(C)C)C(N)=C3N)ncn2)C(N)=C1N.Nc1c(C(F)(F)F)cccc1C(F)(F)F.Nc1c(C(F)(F)F)cccc1C(F)(F)F. The highest BCUT2D eigenvalue weighted by Crippen LogP contribution is 2.45. The summed E-state index contributed by atoms with van der Waals surface area (Å²) in [5.41, 5.74) is 32.6. The lowest BCUT2D eigenvalue weighted by molar-refractivity contribution is -0.143. The van der Waals surface area contributed by atoms with E-state index in [4.69, 9.17) is 34.4 Å². The summed E-state index contributed by atoms with van der Waals surface area (Å²) in [6.07, 6.45) is -13.8. The van der Waals surface area contributed by atoms with E-state index < -0.39 is 58.3 Å². The van der Waals surface area contributed by atoms with Crippen molar-refractivity contribution < 1.29 is 52.7 Å². The molecule has 0 bridgehead atoms. The first kappa shape index (κ1) is 46.8. The van der Waals surface area contributed by atoms with Gasteiger partial charge in [-0.15, -0.1) is 0 Å². The number of hydrogen-bond acceptors (Lipinski definition) is 8. The molecule has 2 aliphatic carbocycles. The first-order valence-electron chi connectivity index (χ1n) is 16.9. The molecule has 8 nitrogen and oxygen atoms in total. The van der Waals surface area contributed by atoms with Crippen molar-refractivity contribution in [3.05, 3.63) is 129 Å². The highest BCUT2D eigenvalue weighted by Gasteiger charge is 2.41. The van der Waals surface area contributed by atoms with Gasteiger partial charge in [0.15, 0.2) is 0 Å². The molecule has 58 heavy (non-hydrogen) atoms. The van der Waals surface area contributed by atoms with Gasteiger partial charge in [-0.25, -0.2) is 9.97 Å². The van der Waals surface area contributed by atoms with Crippen molar-refractivity contribution in [1.29, 1.82) is 0 Å². The molecule has 1 aromatic heterocycles. The summed E-state index contributed by atoms with van der Waals surface area (Å²) in [6, 6.07) is 5.31. The van der Waals surface area contributed by atoms with Crippen LogP contribution in [0.2, 0.25) is 0 Å². The van der Waals surface area contributed by atoms with Gasteiger partial charge in [0.1, 0.15) is 6.33 Å². The van der Waals surface area contributed by atoms with Crippen LogP contribution >= 0.6 is 0 Å². The van der Waals surface area contributed by atoms with Gasteiger partial charge in [-0.05, 0) is 52.3 Å². The van der Waals surface area contributed by atoms with Gasteiger partial charge in [-0.1, -0.05) is 65.8 Å². The largest absolute Gasteiger partial charge is 0.418 e. The molecule has 2 unspecified atom stereocenters. The number of nitrogen functional groups attached to an aromatic ring is 2. The number of halogens is 12. The molecule has 0 amide bonds. The predicted molar refractivity (Wildman–Crippen MR) is 195 cm³/mol. The molecule has 2 aromatic carbocycles. The normalized spacial score (nSPS) is 18.0. The zero-order valence-electron chi connectivity index (χ0n) is 31.8. The topological polar surface area (TPSA) is 182 Å². The quantitative estimate of drug-likeness (QED) is 0.109. The summed E-state index contributed by atoms with van der Waals surface area (Å²) in [6.45, 7) is 12.7. The summed E-state index contributed by atoms with van der Waals surface area (Å²) in [5, 5.41) is 0. The van der Waals surface area contributed by atoms with Crippen LogP contribution in [0.25, 0.3) is 0 Å². The van der Waals surface area contributed by atoms with Crippen LogP contribution in [0.1, 0.15) is 87.0 Å². The Bertz CT molecular complexity index is 1920. The number of aromatic nitrogens is 2. The Labute approximate surface area is 325 Å². The average Bonchev–Trinajstić information content (AvgIpc) is 3.54. The molecule has 0 fully saturated rings. The maximum absolute atomic E-state index is 12.2. The fourth-order valence-corrected chi connectivity index (χ4v) is 5.98. The molecule has 0 spiro atoms. The number of alkyl halides is 12. The van der Waals surface area contributed by atoms with E-state index >= 15 is 0 Å². The number of benzene rings is 2. The third kappa shape index (κ3) is 10.5. The first-order valence-corrected chi connectivity index (χ1v) is 16.9. The van der Waals surface area contributed by atoms with Crippen molar-refractivity contribution in [2.75, 3.05) is 11.5 Å². The van der Waals surface area contributed by atoms with E-state index in [2.05, 4.69) is 63.7 Å². The highest BCUT2D eigenvalue weighted by atomic mass is 19.4. The Kier molecular flexibility index (Phi) is 12.9. The van der Waals surface area contributed by atoms with E-state index in [1.807, 2.05) is 6.07 Å². The van der Waals surface area contributed by atoms with Crippen LogP contribution in [0, 0.1) is 10.8 Å². The van der Waals surface area contributed by atoms with Gasteiger partial charge in [0, 0.05) is 11.4 Å². The van der Waals surface area contributed by atoms with Crippen molar-refractivity contribution in [2.45, 2.75) is 78.1 Å². The molecule has 0 aliphatic heterocycles. The predicted octanol–water partition coefficient (Wildman–Crippen LogP) is 9.49. The number of rotatable bonds is 2. The molecule has 3 aromatic rings. The van der Waals surface area contributed by atoms with Crippen LogP contribution in [0.5, 0.6) is 0 Å². The van der Waals surface area contributed by atoms with E-state index in [1.165, 1.54) is 0 Å². The molecule has 2 aliphatic rings. The lowest BCUT2D eigenvalue weighted by atomic mass is 9.85. The monoisotopic (exact) mass is 838 g/mol. The van der Waals surface area contributed by atoms with Gasteiger partial charge >= 0.3 is 24.7 Å². The maximum Gasteiger partial charge on any atom is 0.418 e. The second-order valence-electron chi connectivity index (χ2n) is 15.2. The van der Waals surface area contributed by atoms with E-state index in [0.717, 1.165) is 22.5 Å². The molecule has 0 radical (unpaired) electrons. The number of nitrogens with two attached hydrogens (primary N) is 6. The van der Waals surface area contributed by atoms with E-state index in [1.54, 1.807) is 6.33 Å². The Hall–Kier alpha value is -5.56. The fraction of sp³-hybridized carbons (Fsp3) is 0.368. The Morgan fingerprint density at radius 3 is 0.914 bits per heavy atom. The molecule has 0 saturated carbocycles. The summed E-state index contributed by atoms with van der Waals surface area (Å²) in [7, 11) is 0. The Morgan fingerprint density at radius 2 is 0.707 bits per heavy atom. The van der Waals surface area contributed by atoms with E-state index in [-0.39, 0.29) is 22.7 Å². The van der Waals surface area contributed by atoms with E-state index in [0.29, 0.717) is 59.2 Å². The van der Waals surface area contributed by atoms with Gasteiger partial charge < -0.3 is 34.4 Å². The fourth-order valence-electron chi connectivity index (χ4n) is 5.98. The van der Waals surface area contributed by atoms with Crippen molar-refractivity contribution >= 4 is 11.4 Å². The van der Waals surface area contributed by atoms with Gasteiger partial charge in [0.2, 0.25) is 0 Å². The number of nitrogens with zero attached hydrogens (tertiary/aromatic N) is 2. The summed E-state index contributed by atoms with van der Waals surface area (Å²) in [4.78, 5) is 8.94. The van der Waals surface area contributed by atoms with Crippen LogP contribution in [0.3, 0.4) is 0 Å². The van der Waals surface area contributed by atoms with Gasteiger partial charge in [-0.2, -0.15) is 52.7 Å². The van der Waals surface area contributed by atoms with Crippen LogP contribution in [0.4, 0.5) is 64.1 Å². The summed E-state index contributed by atoms with van der Waals surface area (Å²) >= 11 is 0. The summed E-state index contributed by atoms with van der Waals surface area (Å²) < 4.78 is 146. The standard InChI is InChI=1S/C22H32N6.2C8H5F6N/c1-21(2,3)13-7-11(17(23)19(13)25)15-9-16(28-10-27-15)12-8-14(22(4,5)6)20(26)18(12)24;2*9-7(10,11)4-2-1-3-5(6(4)15)8(12,13)14/h7-12H,23-26H2,1-6H3;2*1-3H,15H2. The Balaban J connectivity index is 0.000000255. The smallest absolute Gasteiger partial charge is 0.400 e. The minimum absolute atomic E-state index is 0.0866. The van der Waals surface area contributed by atoms with Crippen molar-refractivity contribution in [1.82, 2.24) is 9.97 Å². The second-order valence-corrected chi connectivity index (χ2v) is 15.2.